The van der Waals surface area contributed by atoms with E-state index in [9.17, 15) is 4.79 Å². The van der Waals surface area contributed by atoms with Crippen LogP contribution in [0.3, 0.4) is 0 Å². The predicted molar refractivity (Wildman–Crippen MR) is 103 cm³/mol. The van der Waals surface area contributed by atoms with Gasteiger partial charge in [0.1, 0.15) is 17.2 Å². The number of tetrazole rings is 1. The number of hydrogen-bond acceptors (Lipinski definition) is 7. The van der Waals surface area contributed by atoms with E-state index in [1.165, 1.54) is 11.8 Å². The van der Waals surface area contributed by atoms with E-state index in [-0.39, 0.29) is 11.7 Å². The lowest BCUT2D eigenvalue weighted by Crippen LogP contribution is -2.14. The van der Waals surface area contributed by atoms with Crippen LogP contribution < -0.4 is 14.8 Å². The molecule has 0 spiro atoms. The molecule has 0 aliphatic rings. The second-order valence-corrected chi connectivity index (χ2v) is 6.56. The number of nitrogens with zero attached hydrogens (tertiary/aromatic N) is 4. The number of benzene rings is 2. The van der Waals surface area contributed by atoms with Gasteiger partial charge in [0.25, 0.3) is 0 Å². The molecule has 2 aromatic carbocycles. The molecule has 1 N–H and O–H groups in total. The van der Waals surface area contributed by atoms with Gasteiger partial charge in [0.15, 0.2) is 0 Å². The fourth-order valence-electron chi connectivity index (χ4n) is 2.41. The molecule has 0 unspecified atom stereocenters. The number of rotatable bonds is 7. The van der Waals surface area contributed by atoms with E-state index < -0.39 is 0 Å². The average Bonchev–Trinajstić information content (AvgIpc) is 3.15. The van der Waals surface area contributed by atoms with Crippen LogP contribution in [0, 0.1) is 6.92 Å². The normalized spacial score (nSPS) is 10.5. The molecule has 140 valence electrons. The third-order valence-corrected chi connectivity index (χ3v) is 4.61. The number of aromatic nitrogens is 4. The number of thioether (sulfide) groups is 1. The van der Waals surface area contributed by atoms with Gasteiger partial charge in [-0.05, 0) is 47.2 Å². The summed E-state index contributed by atoms with van der Waals surface area (Å²) in [5.74, 6) is 1.32. The third kappa shape index (κ3) is 4.56. The predicted octanol–water partition coefficient (Wildman–Crippen LogP) is 2.72. The van der Waals surface area contributed by atoms with Crippen molar-refractivity contribution in [1.82, 2.24) is 20.2 Å². The first kappa shape index (κ1) is 18.7. The van der Waals surface area contributed by atoms with E-state index in [0.29, 0.717) is 22.3 Å². The van der Waals surface area contributed by atoms with Crippen molar-refractivity contribution in [3.63, 3.8) is 0 Å². The third-order valence-electron chi connectivity index (χ3n) is 3.69. The molecule has 9 heteroatoms. The topological polar surface area (TPSA) is 91.2 Å². The van der Waals surface area contributed by atoms with Crippen LogP contribution >= 0.6 is 11.8 Å². The van der Waals surface area contributed by atoms with Crippen LogP contribution in [0.5, 0.6) is 11.5 Å². The fourth-order valence-corrected chi connectivity index (χ4v) is 3.10. The summed E-state index contributed by atoms with van der Waals surface area (Å²) in [6.07, 6.45) is 0. The number of methoxy groups -OCH3 is 2. The van der Waals surface area contributed by atoms with Crippen LogP contribution in [-0.2, 0) is 4.79 Å². The highest BCUT2D eigenvalue weighted by Gasteiger charge is 2.15. The molecule has 8 nitrogen and oxygen atoms in total. The van der Waals surface area contributed by atoms with E-state index in [1.807, 2.05) is 37.3 Å². The fraction of sp³-hybridized carbons (Fsp3) is 0.222. The zero-order valence-electron chi connectivity index (χ0n) is 15.2. The maximum Gasteiger partial charge on any atom is 0.234 e. The van der Waals surface area contributed by atoms with Crippen LogP contribution in [-0.4, -0.2) is 46.1 Å². The van der Waals surface area contributed by atoms with Crippen molar-refractivity contribution in [2.24, 2.45) is 0 Å². The van der Waals surface area contributed by atoms with Gasteiger partial charge >= 0.3 is 0 Å². The van der Waals surface area contributed by atoms with Crippen LogP contribution in [0.15, 0.2) is 47.6 Å². The van der Waals surface area contributed by atoms with Gasteiger partial charge in [-0.25, -0.2) is 0 Å². The molecule has 0 saturated heterocycles. The van der Waals surface area contributed by atoms with Gasteiger partial charge in [-0.15, -0.1) is 5.10 Å². The Hall–Kier alpha value is -3.07. The monoisotopic (exact) mass is 385 g/mol. The van der Waals surface area contributed by atoms with E-state index in [0.717, 1.165) is 11.3 Å². The Morgan fingerprint density at radius 2 is 2.04 bits per heavy atom. The van der Waals surface area contributed by atoms with Crippen molar-refractivity contribution >= 4 is 23.4 Å². The van der Waals surface area contributed by atoms with Crippen molar-refractivity contribution in [3.05, 3.63) is 48.0 Å². The lowest BCUT2D eigenvalue weighted by Gasteiger charge is -2.10. The molecule has 1 heterocycles. The summed E-state index contributed by atoms with van der Waals surface area (Å²) >= 11 is 1.24. The maximum atomic E-state index is 12.3. The molecular weight excluding hydrogens is 366 g/mol. The summed E-state index contributed by atoms with van der Waals surface area (Å²) < 4.78 is 12.1. The van der Waals surface area contributed by atoms with Crippen LogP contribution in [0.25, 0.3) is 5.69 Å². The molecule has 27 heavy (non-hydrogen) atoms. The number of hydrogen-bond donors (Lipinski definition) is 1. The highest BCUT2D eigenvalue weighted by atomic mass is 32.2. The van der Waals surface area contributed by atoms with Gasteiger partial charge in [0, 0.05) is 11.8 Å². The summed E-state index contributed by atoms with van der Waals surface area (Å²) in [6.45, 7) is 1.97. The summed E-state index contributed by atoms with van der Waals surface area (Å²) in [6, 6.07) is 12.9. The lowest BCUT2D eigenvalue weighted by molar-refractivity contribution is -0.113. The van der Waals surface area contributed by atoms with Gasteiger partial charge in [-0.3, -0.25) is 4.79 Å². The Morgan fingerprint density at radius 3 is 2.81 bits per heavy atom. The Balaban J connectivity index is 1.70. The van der Waals surface area contributed by atoms with Crippen LogP contribution in [0.4, 0.5) is 5.69 Å². The Kier molecular flexibility index (Phi) is 5.92. The number of anilines is 1. The average molecular weight is 385 g/mol. The van der Waals surface area contributed by atoms with Gasteiger partial charge in [-0.2, -0.15) is 4.68 Å². The zero-order valence-corrected chi connectivity index (χ0v) is 16.0. The molecule has 0 radical (unpaired) electrons. The quantitative estimate of drug-likeness (QED) is 0.625. The SMILES string of the molecule is COc1cccc(NC(=O)CSc2nnnn2-c2cc(C)ccc2OC)c1. The van der Waals surface area contributed by atoms with Crippen molar-refractivity contribution < 1.29 is 14.3 Å². The molecule has 3 aromatic rings. The highest BCUT2D eigenvalue weighted by Crippen LogP contribution is 2.27. The Morgan fingerprint density at radius 1 is 1.19 bits per heavy atom. The van der Waals surface area contributed by atoms with Gasteiger partial charge < -0.3 is 14.8 Å². The number of carbonyl (C=O) groups excluding carboxylic acids is 1. The second-order valence-electron chi connectivity index (χ2n) is 5.62. The zero-order chi connectivity index (χ0) is 19.2. The maximum absolute atomic E-state index is 12.3. The molecule has 3 rings (SSSR count). The Labute approximate surface area is 160 Å². The van der Waals surface area contributed by atoms with Crippen molar-refractivity contribution in [1.29, 1.82) is 0 Å². The van der Waals surface area contributed by atoms with Gasteiger partial charge in [0.05, 0.1) is 20.0 Å². The number of amides is 1. The molecule has 0 aliphatic heterocycles. The minimum absolute atomic E-state index is 0.158. The van der Waals surface area contributed by atoms with Crippen molar-refractivity contribution in [2.75, 3.05) is 25.3 Å². The second kappa shape index (κ2) is 8.54. The van der Waals surface area contributed by atoms with E-state index in [1.54, 1.807) is 31.0 Å². The molecule has 0 aliphatic carbocycles. The van der Waals surface area contributed by atoms with Crippen LogP contribution in [0.1, 0.15) is 5.56 Å². The number of nitrogens with one attached hydrogen (secondary N) is 1. The van der Waals surface area contributed by atoms with Crippen molar-refractivity contribution in [2.45, 2.75) is 12.1 Å². The van der Waals surface area contributed by atoms with Gasteiger partial charge in [-0.1, -0.05) is 23.9 Å². The standard InChI is InChI=1S/C18H19N5O3S/c1-12-7-8-16(26-3)15(9-12)23-18(20-21-22-23)27-11-17(24)19-13-5-4-6-14(10-13)25-2/h4-10H,11H2,1-3H3,(H,19,24). The minimum Gasteiger partial charge on any atom is -0.497 e. The summed E-state index contributed by atoms with van der Waals surface area (Å²) in [4.78, 5) is 12.3. The minimum atomic E-state index is -0.168. The summed E-state index contributed by atoms with van der Waals surface area (Å²) in [5.41, 5.74) is 2.44. The smallest absolute Gasteiger partial charge is 0.234 e. The number of aryl methyl sites for hydroxylation is 1. The van der Waals surface area contributed by atoms with E-state index in [2.05, 4.69) is 20.8 Å². The van der Waals surface area contributed by atoms with E-state index in [4.69, 9.17) is 9.47 Å². The molecule has 0 atom stereocenters. The summed E-state index contributed by atoms with van der Waals surface area (Å²) in [7, 11) is 3.17. The molecular formula is C18H19N5O3S. The first-order valence-electron chi connectivity index (χ1n) is 8.11. The first-order valence-corrected chi connectivity index (χ1v) is 9.09. The lowest BCUT2D eigenvalue weighted by atomic mass is 10.2. The van der Waals surface area contributed by atoms with Gasteiger partial charge in [0.2, 0.25) is 11.1 Å². The molecule has 0 bridgehead atoms. The molecule has 1 amide bonds. The first-order chi connectivity index (χ1) is 13.1. The number of carbonyl (C=O) groups is 1. The highest BCUT2D eigenvalue weighted by molar-refractivity contribution is 7.99. The summed E-state index contributed by atoms with van der Waals surface area (Å²) in [5, 5.41) is 15.1. The molecule has 1 aromatic heterocycles. The molecule has 0 fully saturated rings. The van der Waals surface area contributed by atoms with Crippen LogP contribution in [0.2, 0.25) is 0 Å². The number of ether oxygens (including phenoxy) is 2. The van der Waals surface area contributed by atoms with E-state index >= 15 is 0 Å². The molecule has 0 saturated carbocycles. The largest absolute Gasteiger partial charge is 0.497 e. The Bertz CT molecular complexity index is 944. The van der Waals surface area contributed by atoms with Crippen molar-refractivity contribution in [3.8, 4) is 17.2 Å².